The number of fused-ring (bicyclic) bond motifs is 1. The van der Waals surface area contributed by atoms with Crippen LogP contribution in [0.1, 0.15) is 15.9 Å². The van der Waals surface area contributed by atoms with E-state index in [-0.39, 0.29) is 5.56 Å². The summed E-state index contributed by atoms with van der Waals surface area (Å²) in [5, 5.41) is 0.359. The molecule has 0 saturated carbocycles. The SMILES string of the molecule is NC(=O)c1ccc(Cn2cnc3cc(F)ccc3c2=O)cc1. The van der Waals surface area contributed by atoms with E-state index in [2.05, 4.69) is 4.98 Å². The van der Waals surface area contributed by atoms with Crippen LogP contribution in [0.3, 0.4) is 0 Å². The molecule has 0 bridgehead atoms. The van der Waals surface area contributed by atoms with Crippen LogP contribution in [0.5, 0.6) is 0 Å². The van der Waals surface area contributed by atoms with Gasteiger partial charge in [-0.05, 0) is 29.8 Å². The first-order valence-electron chi connectivity index (χ1n) is 6.58. The molecule has 3 rings (SSSR count). The van der Waals surface area contributed by atoms with Gasteiger partial charge in [-0.15, -0.1) is 0 Å². The Balaban J connectivity index is 1.97. The van der Waals surface area contributed by atoms with Gasteiger partial charge in [0.25, 0.3) is 5.56 Å². The molecule has 1 heterocycles. The first kappa shape index (κ1) is 13.9. The molecule has 1 aromatic heterocycles. The van der Waals surface area contributed by atoms with Gasteiger partial charge in [-0.1, -0.05) is 12.1 Å². The van der Waals surface area contributed by atoms with Crippen LogP contribution >= 0.6 is 0 Å². The molecule has 0 aliphatic heterocycles. The normalized spacial score (nSPS) is 10.8. The molecule has 0 aliphatic rings. The molecule has 2 aromatic carbocycles. The number of benzene rings is 2. The Bertz CT molecular complexity index is 917. The van der Waals surface area contributed by atoms with Crippen LogP contribution in [0, 0.1) is 5.82 Å². The number of amides is 1. The highest BCUT2D eigenvalue weighted by Gasteiger charge is 2.06. The van der Waals surface area contributed by atoms with Crippen molar-refractivity contribution < 1.29 is 9.18 Å². The topological polar surface area (TPSA) is 78.0 Å². The second-order valence-electron chi connectivity index (χ2n) is 4.90. The number of hydrogen-bond acceptors (Lipinski definition) is 3. The van der Waals surface area contributed by atoms with Gasteiger partial charge in [-0.25, -0.2) is 9.37 Å². The van der Waals surface area contributed by atoms with Gasteiger partial charge >= 0.3 is 0 Å². The summed E-state index contributed by atoms with van der Waals surface area (Å²) in [4.78, 5) is 27.5. The summed E-state index contributed by atoms with van der Waals surface area (Å²) in [7, 11) is 0. The first-order valence-corrected chi connectivity index (χ1v) is 6.58. The minimum absolute atomic E-state index is 0.246. The standard InChI is InChI=1S/C16H12FN3O2/c17-12-5-6-13-14(7-12)19-9-20(16(13)22)8-10-1-3-11(4-2-10)15(18)21/h1-7,9H,8H2,(H2,18,21). The van der Waals surface area contributed by atoms with E-state index < -0.39 is 11.7 Å². The lowest BCUT2D eigenvalue weighted by Gasteiger charge is -2.07. The van der Waals surface area contributed by atoms with Crippen LogP contribution in [-0.4, -0.2) is 15.5 Å². The van der Waals surface area contributed by atoms with E-state index >= 15 is 0 Å². The minimum atomic E-state index is -0.502. The molecule has 3 aromatic rings. The quantitative estimate of drug-likeness (QED) is 0.799. The van der Waals surface area contributed by atoms with Gasteiger partial charge in [0.2, 0.25) is 5.91 Å². The Labute approximate surface area is 124 Å². The predicted octanol–water partition coefficient (Wildman–Crippen LogP) is 1.68. The molecular weight excluding hydrogens is 285 g/mol. The summed E-state index contributed by atoms with van der Waals surface area (Å²) in [5.41, 5.74) is 6.49. The number of nitrogens with zero attached hydrogens (tertiary/aromatic N) is 2. The lowest BCUT2D eigenvalue weighted by Crippen LogP contribution is -2.21. The maximum Gasteiger partial charge on any atom is 0.261 e. The van der Waals surface area contributed by atoms with Crippen molar-refractivity contribution in [2.75, 3.05) is 0 Å². The Morgan fingerprint density at radius 2 is 1.91 bits per heavy atom. The Kier molecular flexibility index (Phi) is 3.42. The molecule has 22 heavy (non-hydrogen) atoms. The van der Waals surface area contributed by atoms with Crippen molar-refractivity contribution in [1.29, 1.82) is 0 Å². The van der Waals surface area contributed by atoms with Gasteiger partial charge in [0.15, 0.2) is 0 Å². The summed E-state index contributed by atoms with van der Waals surface area (Å²) in [5.74, 6) is -0.933. The van der Waals surface area contributed by atoms with E-state index in [0.717, 1.165) is 5.56 Å². The van der Waals surface area contributed by atoms with Gasteiger partial charge in [-0.2, -0.15) is 0 Å². The van der Waals surface area contributed by atoms with Crippen LogP contribution in [-0.2, 0) is 6.54 Å². The van der Waals surface area contributed by atoms with Crippen molar-refractivity contribution in [1.82, 2.24) is 9.55 Å². The molecule has 0 aliphatic carbocycles. The summed E-state index contributed by atoms with van der Waals surface area (Å²) in [6, 6.07) is 10.5. The number of hydrogen-bond donors (Lipinski definition) is 1. The molecule has 1 amide bonds. The van der Waals surface area contributed by atoms with Crippen LogP contribution in [0.4, 0.5) is 4.39 Å². The van der Waals surface area contributed by atoms with Crippen LogP contribution in [0.2, 0.25) is 0 Å². The molecule has 110 valence electrons. The number of primary amides is 1. The van der Waals surface area contributed by atoms with E-state index in [0.29, 0.717) is 23.0 Å². The van der Waals surface area contributed by atoms with Crippen molar-refractivity contribution >= 4 is 16.8 Å². The van der Waals surface area contributed by atoms with Gasteiger partial charge in [0.05, 0.1) is 23.8 Å². The molecular formula is C16H12FN3O2. The van der Waals surface area contributed by atoms with Gasteiger partial charge in [-0.3, -0.25) is 14.2 Å². The number of rotatable bonds is 3. The smallest absolute Gasteiger partial charge is 0.261 e. The van der Waals surface area contributed by atoms with Crippen LogP contribution < -0.4 is 11.3 Å². The molecule has 5 nitrogen and oxygen atoms in total. The third kappa shape index (κ3) is 2.58. The second kappa shape index (κ2) is 5.40. The highest BCUT2D eigenvalue weighted by atomic mass is 19.1. The van der Waals surface area contributed by atoms with E-state index in [9.17, 15) is 14.0 Å². The molecule has 0 atom stereocenters. The average molecular weight is 297 g/mol. The predicted molar refractivity (Wildman–Crippen MR) is 80.0 cm³/mol. The zero-order valence-electron chi connectivity index (χ0n) is 11.5. The Morgan fingerprint density at radius 1 is 1.18 bits per heavy atom. The number of halogens is 1. The zero-order chi connectivity index (χ0) is 15.7. The minimum Gasteiger partial charge on any atom is -0.366 e. The molecule has 0 saturated heterocycles. The van der Waals surface area contributed by atoms with E-state index in [4.69, 9.17) is 5.73 Å². The first-order chi connectivity index (χ1) is 10.5. The van der Waals surface area contributed by atoms with Crippen molar-refractivity contribution in [3.8, 4) is 0 Å². The molecule has 0 fully saturated rings. The van der Waals surface area contributed by atoms with Gasteiger partial charge in [0, 0.05) is 11.6 Å². The lowest BCUT2D eigenvalue weighted by atomic mass is 10.1. The fourth-order valence-corrected chi connectivity index (χ4v) is 2.22. The lowest BCUT2D eigenvalue weighted by molar-refractivity contribution is 0.100. The zero-order valence-corrected chi connectivity index (χ0v) is 11.5. The maximum atomic E-state index is 13.1. The van der Waals surface area contributed by atoms with Crippen LogP contribution in [0.15, 0.2) is 53.6 Å². The molecule has 0 unspecified atom stereocenters. The van der Waals surface area contributed by atoms with E-state index in [1.807, 2.05) is 0 Å². The van der Waals surface area contributed by atoms with Crippen molar-refractivity contribution in [2.45, 2.75) is 6.54 Å². The van der Waals surface area contributed by atoms with Crippen LogP contribution in [0.25, 0.3) is 10.9 Å². The van der Waals surface area contributed by atoms with E-state index in [1.54, 1.807) is 24.3 Å². The van der Waals surface area contributed by atoms with Gasteiger partial charge < -0.3 is 5.73 Å². The molecule has 2 N–H and O–H groups in total. The summed E-state index contributed by atoms with van der Waals surface area (Å²) < 4.78 is 14.6. The van der Waals surface area contributed by atoms with E-state index in [1.165, 1.54) is 29.1 Å². The highest BCUT2D eigenvalue weighted by molar-refractivity contribution is 5.92. The summed E-state index contributed by atoms with van der Waals surface area (Å²) >= 11 is 0. The third-order valence-electron chi connectivity index (χ3n) is 3.38. The number of aromatic nitrogens is 2. The fourth-order valence-electron chi connectivity index (χ4n) is 2.22. The fraction of sp³-hybridized carbons (Fsp3) is 0.0625. The van der Waals surface area contributed by atoms with Gasteiger partial charge in [0.1, 0.15) is 5.82 Å². The average Bonchev–Trinajstić information content (AvgIpc) is 2.50. The largest absolute Gasteiger partial charge is 0.366 e. The van der Waals surface area contributed by atoms with Crippen molar-refractivity contribution in [2.24, 2.45) is 5.73 Å². The molecule has 0 spiro atoms. The molecule has 6 heteroatoms. The Morgan fingerprint density at radius 3 is 2.59 bits per heavy atom. The van der Waals surface area contributed by atoms with Crippen molar-refractivity contribution in [3.05, 3.63) is 76.1 Å². The third-order valence-corrected chi connectivity index (χ3v) is 3.38. The summed E-state index contributed by atoms with van der Waals surface area (Å²) in [6.45, 7) is 0.304. The second-order valence-corrected chi connectivity index (χ2v) is 4.90. The summed E-state index contributed by atoms with van der Waals surface area (Å²) in [6.07, 6.45) is 1.38. The number of carbonyl (C=O) groups is 1. The van der Waals surface area contributed by atoms with Crippen molar-refractivity contribution in [3.63, 3.8) is 0 Å². The Hall–Kier alpha value is -3.02. The number of carbonyl (C=O) groups excluding carboxylic acids is 1. The monoisotopic (exact) mass is 297 g/mol. The highest BCUT2D eigenvalue weighted by Crippen LogP contribution is 2.10. The molecule has 0 radical (unpaired) electrons. The number of nitrogens with two attached hydrogens (primary N) is 1. The maximum absolute atomic E-state index is 13.1.